The monoisotopic (exact) mass is 252 g/mol. The number of ether oxygens (including phenoxy) is 2. The van der Waals surface area contributed by atoms with Crippen molar-refractivity contribution in [1.29, 1.82) is 0 Å². The van der Waals surface area contributed by atoms with Gasteiger partial charge in [0.05, 0.1) is 14.2 Å². The van der Waals surface area contributed by atoms with E-state index in [1.165, 1.54) is 5.56 Å². The summed E-state index contributed by atoms with van der Waals surface area (Å²) >= 11 is 0. The molecule has 1 atom stereocenters. The van der Waals surface area contributed by atoms with Gasteiger partial charge in [-0.2, -0.15) is 0 Å². The standard InChI is InChI=1S/C14H24N2O2/c1-10-13(17-4)7-6-11(14(10)18-5)12(16-3)8-9-15-2/h6-7,12,15-16H,8-9H2,1-5H3. The van der Waals surface area contributed by atoms with E-state index in [4.69, 9.17) is 9.47 Å². The molecule has 1 unspecified atom stereocenters. The van der Waals surface area contributed by atoms with Gasteiger partial charge in [-0.25, -0.2) is 0 Å². The minimum Gasteiger partial charge on any atom is -0.496 e. The Bertz CT molecular complexity index is 380. The summed E-state index contributed by atoms with van der Waals surface area (Å²) in [6.07, 6.45) is 1.01. The van der Waals surface area contributed by atoms with E-state index in [-0.39, 0.29) is 6.04 Å². The summed E-state index contributed by atoms with van der Waals surface area (Å²) in [7, 11) is 7.32. The molecule has 0 saturated carbocycles. The third kappa shape index (κ3) is 3.15. The normalized spacial score (nSPS) is 12.3. The quantitative estimate of drug-likeness (QED) is 0.777. The molecule has 0 aliphatic carbocycles. The largest absolute Gasteiger partial charge is 0.496 e. The molecule has 2 N–H and O–H groups in total. The van der Waals surface area contributed by atoms with Crippen LogP contribution in [-0.2, 0) is 0 Å². The third-order valence-electron chi connectivity index (χ3n) is 3.22. The maximum Gasteiger partial charge on any atom is 0.130 e. The number of methoxy groups -OCH3 is 2. The zero-order valence-corrected chi connectivity index (χ0v) is 12.0. The van der Waals surface area contributed by atoms with Gasteiger partial charge in [0.25, 0.3) is 0 Å². The first kappa shape index (κ1) is 14.8. The lowest BCUT2D eigenvalue weighted by molar-refractivity contribution is 0.378. The highest BCUT2D eigenvalue weighted by Crippen LogP contribution is 2.35. The predicted molar refractivity (Wildman–Crippen MR) is 74.6 cm³/mol. The van der Waals surface area contributed by atoms with Crippen LogP contribution >= 0.6 is 0 Å². The van der Waals surface area contributed by atoms with Gasteiger partial charge in [0.1, 0.15) is 11.5 Å². The van der Waals surface area contributed by atoms with Gasteiger partial charge in [0.2, 0.25) is 0 Å². The summed E-state index contributed by atoms with van der Waals surface area (Å²) in [6.45, 7) is 2.98. The van der Waals surface area contributed by atoms with Crippen LogP contribution in [0.5, 0.6) is 11.5 Å². The molecule has 1 aromatic carbocycles. The second-order valence-corrected chi connectivity index (χ2v) is 4.25. The van der Waals surface area contributed by atoms with Gasteiger partial charge in [-0.15, -0.1) is 0 Å². The van der Waals surface area contributed by atoms with Gasteiger partial charge < -0.3 is 20.1 Å². The molecular formula is C14H24N2O2. The Morgan fingerprint density at radius 1 is 1.17 bits per heavy atom. The van der Waals surface area contributed by atoms with E-state index in [1.54, 1.807) is 14.2 Å². The maximum absolute atomic E-state index is 5.54. The van der Waals surface area contributed by atoms with E-state index in [2.05, 4.69) is 16.7 Å². The third-order valence-corrected chi connectivity index (χ3v) is 3.22. The van der Waals surface area contributed by atoms with Crippen molar-refractivity contribution < 1.29 is 9.47 Å². The molecule has 4 nitrogen and oxygen atoms in total. The first-order chi connectivity index (χ1) is 8.69. The van der Waals surface area contributed by atoms with Crippen LogP contribution in [0.2, 0.25) is 0 Å². The number of rotatable bonds is 7. The summed E-state index contributed by atoms with van der Waals surface area (Å²) < 4.78 is 10.9. The zero-order valence-electron chi connectivity index (χ0n) is 12.0. The highest BCUT2D eigenvalue weighted by molar-refractivity contribution is 5.50. The minimum atomic E-state index is 0.275. The molecule has 1 aromatic rings. The van der Waals surface area contributed by atoms with E-state index >= 15 is 0 Å². The lowest BCUT2D eigenvalue weighted by Crippen LogP contribution is -2.22. The summed E-state index contributed by atoms with van der Waals surface area (Å²) in [4.78, 5) is 0. The van der Waals surface area contributed by atoms with E-state index in [0.29, 0.717) is 0 Å². The fraction of sp³-hybridized carbons (Fsp3) is 0.571. The van der Waals surface area contributed by atoms with Crippen molar-refractivity contribution in [2.24, 2.45) is 0 Å². The molecular weight excluding hydrogens is 228 g/mol. The molecule has 0 amide bonds. The van der Waals surface area contributed by atoms with Gasteiger partial charge in [-0.3, -0.25) is 0 Å². The molecule has 1 rings (SSSR count). The molecule has 0 spiro atoms. The molecule has 102 valence electrons. The molecule has 0 bridgehead atoms. The number of nitrogens with one attached hydrogen (secondary N) is 2. The van der Waals surface area contributed by atoms with Crippen molar-refractivity contribution in [3.63, 3.8) is 0 Å². The summed E-state index contributed by atoms with van der Waals surface area (Å²) in [6, 6.07) is 4.34. The van der Waals surface area contributed by atoms with Crippen molar-refractivity contribution in [3.05, 3.63) is 23.3 Å². The van der Waals surface area contributed by atoms with Gasteiger partial charge in [0, 0.05) is 17.2 Å². The van der Waals surface area contributed by atoms with Gasteiger partial charge >= 0.3 is 0 Å². The van der Waals surface area contributed by atoms with E-state index in [9.17, 15) is 0 Å². The van der Waals surface area contributed by atoms with E-state index in [1.807, 2.05) is 27.1 Å². The van der Waals surface area contributed by atoms with Crippen molar-refractivity contribution in [2.45, 2.75) is 19.4 Å². The lowest BCUT2D eigenvalue weighted by Gasteiger charge is -2.21. The van der Waals surface area contributed by atoms with Gasteiger partial charge in [0.15, 0.2) is 0 Å². The fourth-order valence-corrected chi connectivity index (χ4v) is 2.21. The molecule has 4 heteroatoms. The summed E-state index contributed by atoms with van der Waals surface area (Å²) in [5, 5.41) is 6.50. The van der Waals surface area contributed by atoms with Crippen molar-refractivity contribution >= 4 is 0 Å². The highest BCUT2D eigenvalue weighted by atomic mass is 16.5. The number of hydrogen-bond donors (Lipinski definition) is 2. The van der Waals surface area contributed by atoms with Crippen molar-refractivity contribution in [1.82, 2.24) is 10.6 Å². The Labute approximate surface area is 110 Å². The first-order valence-electron chi connectivity index (χ1n) is 6.22. The average molecular weight is 252 g/mol. The minimum absolute atomic E-state index is 0.275. The van der Waals surface area contributed by atoms with Crippen LogP contribution in [0.15, 0.2) is 12.1 Å². The van der Waals surface area contributed by atoms with Crippen LogP contribution in [0.4, 0.5) is 0 Å². The molecule has 0 fully saturated rings. The van der Waals surface area contributed by atoms with Crippen molar-refractivity contribution in [3.8, 4) is 11.5 Å². The molecule has 0 aliphatic heterocycles. The van der Waals surface area contributed by atoms with Crippen LogP contribution in [0.1, 0.15) is 23.6 Å². The van der Waals surface area contributed by atoms with Crippen molar-refractivity contribution in [2.75, 3.05) is 34.9 Å². The maximum atomic E-state index is 5.54. The van der Waals surface area contributed by atoms with Crippen LogP contribution in [-0.4, -0.2) is 34.9 Å². The van der Waals surface area contributed by atoms with Crippen LogP contribution in [0.25, 0.3) is 0 Å². The first-order valence-corrected chi connectivity index (χ1v) is 6.22. The Hall–Kier alpha value is -1.26. The van der Waals surface area contributed by atoms with Crippen LogP contribution in [0.3, 0.4) is 0 Å². The fourth-order valence-electron chi connectivity index (χ4n) is 2.21. The summed E-state index contributed by atoms with van der Waals surface area (Å²) in [5.41, 5.74) is 2.22. The van der Waals surface area contributed by atoms with Gasteiger partial charge in [-0.05, 0) is 40.1 Å². The molecule has 0 saturated heterocycles. The Kier molecular flexibility index (Phi) is 5.95. The van der Waals surface area contributed by atoms with E-state index < -0.39 is 0 Å². The Morgan fingerprint density at radius 2 is 1.89 bits per heavy atom. The molecule has 0 heterocycles. The molecule has 0 aromatic heterocycles. The SMILES string of the molecule is CNCCC(NC)c1ccc(OC)c(C)c1OC. The Morgan fingerprint density at radius 3 is 2.39 bits per heavy atom. The molecule has 0 radical (unpaired) electrons. The second kappa shape index (κ2) is 7.24. The van der Waals surface area contributed by atoms with Crippen LogP contribution < -0.4 is 20.1 Å². The van der Waals surface area contributed by atoms with Crippen LogP contribution in [0, 0.1) is 6.92 Å². The summed E-state index contributed by atoms with van der Waals surface area (Å²) in [5.74, 6) is 1.77. The molecule has 18 heavy (non-hydrogen) atoms. The predicted octanol–water partition coefficient (Wildman–Crippen LogP) is 1.88. The topological polar surface area (TPSA) is 42.5 Å². The molecule has 0 aliphatic rings. The second-order valence-electron chi connectivity index (χ2n) is 4.25. The average Bonchev–Trinajstić information content (AvgIpc) is 2.40. The lowest BCUT2D eigenvalue weighted by atomic mass is 9.99. The van der Waals surface area contributed by atoms with E-state index in [0.717, 1.165) is 30.0 Å². The number of hydrogen-bond acceptors (Lipinski definition) is 4. The zero-order chi connectivity index (χ0) is 13.5. The smallest absolute Gasteiger partial charge is 0.130 e. The Balaban J connectivity index is 3.10. The van der Waals surface area contributed by atoms with Gasteiger partial charge in [-0.1, -0.05) is 6.07 Å². The number of benzene rings is 1. The highest BCUT2D eigenvalue weighted by Gasteiger charge is 2.17.